The van der Waals surface area contributed by atoms with Crippen molar-refractivity contribution in [1.29, 1.82) is 0 Å². The van der Waals surface area contributed by atoms with Crippen LogP contribution in [0, 0.1) is 12.3 Å². The molecule has 0 saturated carbocycles. The first-order valence-electron chi connectivity index (χ1n) is 6.64. The molecule has 1 amide bonds. The second-order valence-electron chi connectivity index (χ2n) is 4.68. The summed E-state index contributed by atoms with van der Waals surface area (Å²) in [5.74, 6) is 3.06. The summed E-state index contributed by atoms with van der Waals surface area (Å²) in [7, 11) is 1.57. The van der Waals surface area contributed by atoms with E-state index >= 15 is 0 Å². The third-order valence-corrected chi connectivity index (χ3v) is 3.15. The first kappa shape index (κ1) is 15.8. The van der Waals surface area contributed by atoms with E-state index in [2.05, 4.69) is 17.8 Å². The Kier molecular flexibility index (Phi) is 5.86. The van der Waals surface area contributed by atoms with Crippen molar-refractivity contribution in [2.45, 2.75) is 32.7 Å². The van der Waals surface area contributed by atoms with Crippen LogP contribution in [-0.4, -0.2) is 19.1 Å². The van der Waals surface area contributed by atoms with Crippen LogP contribution in [0.2, 0.25) is 0 Å². The van der Waals surface area contributed by atoms with Crippen LogP contribution in [0.4, 0.5) is 0 Å². The lowest BCUT2D eigenvalue weighted by Crippen LogP contribution is -2.31. The van der Waals surface area contributed by atoms with Crippen molar-refractivity contribution in [2.75, 3.05) is 7.11 Å². The van der Waals surface area contributed by atoms with Crippen molar-refractivity contribution in [3.05, 3.63) is 35.9 Å². The second-order valence-corrected chi connectivity index (χ2v) is 4.68. The van der Waals surface area contributed by atoms with Crippen LogP contribution in [0.3, 0.4) is 0 Å². The summed E-state index contributed by atoms with van der Waals surface area (Å²) >= 11 is 0. The number of benzene rings is 1. The fourth-order valence-electron chi connectivity index (χ4n) is 1.75. The van der Waals surface area contributed by atoms with Crippen molar-refractivity contribution in [2.24, 2.45) is 0 Å². The SMILES string of the molecule is C#CCC(=C)c1ccc(C(=O)NC(C)CC)cc1OC. The average Bonchev–Trinajstić information content (AvgIpc) is 2.46. The van der Waals surface area contributed by atoms with Gasteiger partial charge in [0.2, 0.25) is 0 Å². The van der Waals surface area contributed by atoms with Gasteiger partial charge in [0.05, 0.1) is 7.11 Å². The number of hydrogen-bond donors (Lipinski definition) is 1. The molecule has 0 aromatic heterocycles. The van der Waals surface area contributed by atoms with E-state index in [1.165, 1.54) is 0 Å². The van der Waals surface area contributed by atoms with Crippen molar-refractivity contribution < 1.29 is 9.53 Å². The number of carbonyl (C=O) groups is 1. The van der Waals surface area contributed by atoms with Gasteiger partial charge in [-0.25, -0.2) is 0 Å². The van der Waals surface area contributed by atoms with Crippen molar-refractivity contribution >= 4 is 11.5 Å². The van der Waals surface area contributed by atoms with E-state index in [-0.39, 0.29) is 11.9 Å². The monoisotopic (exact) mass is 271 g/mol. The molecule has 1 rings (SSSR count). The molecule has 106 valence electrons. The molecule has 0 saturated heterocycles. The maximum atomic E-state index is 12.1. The number of carbonyl (C=O) groups excluding carboxylic acids is 1. The van der Waals surface area contributed by atoms with Crippen LogP contribution in [0.15, 0.2) is 24.8 Å². The molecule has 3 nitrogen and oxygen atoms in total. The van der Waals surface area contributed by atoms with Gasteiger partial charge in [0.15, 0.2) is 0 Å². The molecule has 0 aliphatic carbocycles. The van der Waals surface area contributed by atoms with Gasteiger partial charge in [-0.15, -0.1) is 12.3 Å². The molecular formula is C17H21NO2. The molecule has 0 bridgehead atoms. The highest BCUT2D eigenvalue weighted by Crippen LogP contribution is 2.28. The summed E-state index contributed by atoms with van der Waals surface area (Å²) in [4.78, 5) is 12.1. The number of ether oxygens (including phenoxy) is 1. The summed E-state index contributed by atoms with van der Waals surface area (Å²) < 4.78 is 5.33. The maximum absolute atomic E-state index is 12.1. The van der Waals surface area contributed by atoms with Crippen LogP contribution in [0.5, 0.6) is 5.75 Å². The Morgan fingerprint density at radius 1 is 1.55 bits per heavy atom. The van der Waals surface area contributed by atoms with Crippen molar-refractivity contribution in [3.63, 3.8) is 0 Å². The van der Waals surface area contributed by atoms with Gasteiger partial charge >= 0.3 is 0 Å². The molecule has 0 fully saturated rings. The number of terminal acetylenes is 1. The highest BCUT2D eigenvalue weighted by Gasteiger charge is 2.13. The van der Waals surface area contributed by atoms with Crippen LogP contribution in [0.25, 0.3) is 5.57 Å². The molecule has 1 unspecified atom stereocenters. The Bertz CT molecular complexity index is 540. The smallest absolute Gasteiger partial charge is 0.251 e. The van der Waals surface area contributed by atoms with Gasteiger partial charge in [-0.05, 0) is 31.1 Å². The van der Waals surface area contributed by atoms with E-state index in [1.807, 2.05) is 19.9 Å². The Balaban J connectivity index is 3.01. The van der Waals surface area contributed by atoms with Crippen molar-refractivity contribution in [3.8, 4) is 18.1 Å². The number of amides is 1. The zero-order valence-electron chi connectivity index (χ0n) is 12.3. The van der Waals surface area contributed by atoms with Crippen LogP contribution in [-0.2, 0) is 0 Å². The third-order valence-electron chi connectivity index (χ3n) is 3.15. The topological polar surface area (TPSA) is 38.3 Å². The molecule has 20 heavy (non-hydrogen) atoms. The van der Waals surface area contributed by atoms with Gasteiger partial charge in [0.1, 0.15) is 5.75 Å². The molecule has 3 heteroatoms. The molecule has 1 N–H and O–H groups in total. The fraction of sp³-hybridized carbons (Fsp3) is 0.353. The van der Waals surface area contributed by atoms with Gasteiger partial charge in [-0.1, -0.05) is 19.6 Å². The first-order valence-corrected chi connectivity index (χ1v) is 6.64. The highest BCUT2D eigenvalue weighted by molar-refractivity contribution is 5.95. The molecule has 0 radical (unpaired) electrons. The normalized spacial score (nSPS) is 11.3. The van der Waals surface area contributed by atoms with Gasteiger partial charge < -0.3 is 10.1 Å². The number of methoxy groups -OCH3 is 1. The van der Waals surface area contributed by atoms with Crippen molar-refractivity contribution in [1.82, 2.24) is 5.32 Å². The Morgan fingerprint density at radius 2 is 2.25 bits per heavy atom. The quantitative estimate of drug-likeness (QED) is 0.806. The number of rotatable bonds is 6. The lowest BCUT2D eigenvalue weighted by Gasteiger charge is -2.14. The zero-order chi connectivity index (χ0) is 15.1. The minimum atomic E-state index is -0.105. The Morgan fingerprint density at radius 3 is 2.80 bits per heavy atom. The van der Waals surface area contributed by atoms with E-state index in [0.29, 0.717) is 17.7 Å². The summed E-state index contributed by atoms with van der Waals surface area (Å²) in [6.07, 6.45) is 6.63. The Labute approximate surface area is 121 Å². The molecule has 1 aromatic rings. The second kappa shape index (κ2) is 7.40. The molecule has 1 aromatic carbocycles. The fourth-order valence-corrected chi connectivity index (χ4v) is 1.75. The lowest BCUT2D eigenvalue weighted by atomic mass is 10.0. The molecule has 0 heterocycles. The zero-order valence-corrected chi connectivity index (χ0v) is 12.3. The number of nitrogens with one attached hydrogen (secondary N) is 1. The maximum Gasteiger partial charge on any atom is 0.251 e. The molecule has 0 aliphatic heterocycles. The van der Waals surface area contributed by atoms with Crippen LogP contribution < -0.4 is 10.1 Å². The number of allylic oxidation sites excluding steroid dienone is 1. The largest absolute Gasteiger partial charge is 0.496 e. The summed E-state index contributed by atoms with van der Waals surface area (Å²) in [6.45, 7) is 7.93. The molecule has 0 spiro atoms. The molecular weight excluding hydrogens is 250 g/mol. The Hall–Kier alpha value is -2.21. The standard InChI is InChI=1S/C17H21NO2/c1-6-8-12(3)15-10-9-14(11-16(15)20-5)17(19)18-13(4)7-2/h1,9-11,13H,3,7-8H2,2,4-5H3,(H,18,19). The summed E-state index contributed by atoms with van der Waals surface area (Å²) in [6, 6.07) is 5.44. The van der Waals surface area contributed by atoms with Gasteiger partial charge in [-0.3, -0.25) is 4.79 Å². The predicted octanol–water partition coefficient (Wildman–Crippen LogP) is 3.26. The van der Waals surface area contributed by atoms with Crippen LogP contribution in [0.1, 0.15) is 42.6 Å². The van der Waals surface area contributed by atoms with Gasteiger partial charge in [-0.2, -0.15) is 0 Å². The first-order chi connectivity index (χ1) is 9.53. The number of hydrogen-bond acceptors (Lipinski definition) is 2. The minimum Gasteiger partial charge on any atom is -0.496 e. The predicted molar refractivity (Wildman–Crippen MR) is 82.7 cm³/mol. The average molecular weight is 271 g/mol. The van der Waals surface area contributed by atoms with E-state index in [4.69, 9.17) is 11.2 Å². The third kappa shape index (κ3) is 3.89. The van der Waals surface area contributed by atoms with Crippen LogP contribution >= 0.6 is 0 Å². The summed E-state index contributed by atoms with van der Waals surface area (Å²) in [5, 5.41) is 2.92. The lowest BCUT2D eigenvalue weighted by molar-refractivity contribution is 0.0939. The highest BCUT2D eigenvalue weighted by atomic mass is 16.5. The minimum absolute atomic E-state index is 0.105. The van der Waals surface area contributed by atoms with E-state index < -0.39 is 0 Å². The van der Waals surface area contributed by atoms with E-state index in [0.717, 1.165) is 17.6 Å². The summed E-state index contributed by atoms with van der Waals surface area (Å²) in [5.41, 5.74) is 2.21. The van der Waals surface area contributed by atoms with E-state index in [9.17, 15) is 4.79 Å². The van der Waals surface area contributed by atoms with Gasteiger partial charge in [0.25, 0.3) is 5.91 Å². The van der Waals surface area contributed by atoms with E-state index in [1.54, 1.807) is 19.2 Å². The van der Waals surface area contributed by atoms with Gasteiger partial charge in [0, 0.05) is 23.6 Å². The molecule has 1 atom stereocenters. The molecule has 0 aliphatic rings.